The minimum absolute atomic E-state index is 0.960. The van der Waals surface area contributed by atoms with Gasteiger partial charge < -0.3 is 4.42 Å². The van der Waals surface area contributed by atoms with Crippen LogP contribution in [0.2, 0.25) is 0 Å². The molecule has 0 aliphatic heterocycles. The van der Waals surface area contributed by atoms with E-state index in [1.165, 1.54) is 43.3 Å². The van der Waals surface area contributed by atoms with Crippen LogP contribution in [0.5, 0.6) is 0 Å². The highest BCUT2D eigenvalue weighted by atomic mass is 16.3. The third-order valence-corrected chi connectivity index (χ3v) is 4.75. The average Bonchev–Trinajstić information content (AvgIpc) is 2.93. The lowest BCUT2D eigenvalue weighted by atomic mass is 9.96. The molecule has 1 aromatic heterocycles. The first-order valence-corrected chi connectivity index (χ1v) is 7.95. The molecule has 0 N–H and O–H groups in total. The fourth-order valence-electron chi connectivity index (χ4n) is 3.65. The predicted octanol–water partition coefficient (Wildman–Crippen LogP) is 6.51. The highest BCUT2D eigenvalue weighted by Crippen LogP contribution is 2.34. The number of rotatable bonds is 0. The zero-order chi connectivity index (χ0) is 15.6. The van der Waals surface area contributed by atoms with E-state index in [1.807, 2.05) is 6.92 Å². The first kappa shape index (κ1) is 12.7. The molecule has 1 nitrogen and oxygen atoms in total. The predicted molar refractivity (Wildman–Crippen MR) is 98.2 cm³/mol. The van der Waals surface area contributed by atoms with E-state index in [-0.39, 0.29) is 0 Å². The molecule has 0 amide bonds. The van der Waals surface area contributed by atoms with Crippen LogP contribution in [-0.2, 0) is 0 Å². The normalized spacial score (nSPS) is 11.9. The van der Waals surface area contributed by atoms with E-state index in [0.717, 1.165) is 11.3 Å². The lowest BCUT2D eigenvalue weighted by Crippen LogP contribution is -1.81. The summed E-state index contributed by atoms with van der Waals surface area (Å²) in [6, 6.07) is 22.1. The van der Waals surface area contributed by atoms with Crippen molar-refractivity contribution >= 4 is 43.3 Å². The van der Waals surface area contributed by atoms with Crippen LogP contribution in [0.25, 0.3) is 43.3 Å². The van der Waals surface area contributed by atoms with Gasteiger partial charge in [0, 0.05) is 5.39 Å². The molecule has 0 spiro atoms. The maximum Gasteiger partial charge on any atom is 0.134 e. The van der Waals surface area contributed by atoms with Gasteiger partial charge in [-0.15, -0.1) is 0 Å². The van der Waals surface area contributed by atoms with E-state index in [0.29, 0.717) is 0 Å². The van der Waals surface area contributed by atoms with Crippen molar-refractivity contribution in [2.75, 3.05) is 0 Å². The summed E-state index contributed by atoms with van der Waals surface area (Å²) >= 11 is 0. The molecule has 0 unspecified atom stereocenters. The number of fused-ring (bicyclic) bond motifs is 6. The molecular weight excluding hydrogens is 280 g/mol. The molecule has 5 rings (SSSR count). The van der Waals surface area contributed by atoms with E-state index >= 15 is 0 Å². The van der Waals surface area contributed by atoms with Crippen molar-refractivity contribution in [3.8, 4) is 0 Å². The van der Waals surface area contributed by atoms with Gasteiger partial charge in [0.05, 0.1) is 0 Å². The summed E-state index contributed by atoms with van der Waals surface area (Å²) in [5, 5.41) is 8.94. The number of aryl methyl sites for hydroxylation is 2. The van der Waals surface area contributed by atoms with Gasteiger partial charge in [-0.2, -0.15) is 0 Å². The van der Waals surface area contributed by atoms with Crippen LogP contribution >= 0.6 is 0 Å². The lowest BCUT2D eigenvalue weighted by molar-refractivity contribution is 0.579. The van der Waals surface area contributed by atoms with Crippen LogP contribution < -0.4 is 0 Å². The van der Waals surface area contributed by atoms with Crippen molar-refractivity contribution in [2.45, 2.75) is 13.8 Å². The second-order valence-electron chi connectivity index (χ2n) is 6.42. The monoisotopic (exact) mass is 296 g/mol. The average molecular weight is 296 g/mol. The van der Waals surface area contributed by atoms with Gasteiger partial charge in [-0.25, -0.2) is 0 Å². The second kappa shape index (κ2) is 4.36. The molecule has 0 atom stereocenters. The summed E-state index contributed by atoms with van der Waals surface area (Å²) in [6.07, 6.45) is 0. The van der Waals surface area contributed by atoms with E-state index in [2.05, 4.69) is 67.6 Å². The lowest BCUT2D eigenvalue weighted by Gasteiger charge is -2.07. The third-order valence-electron chi connectivity index (χ3n) is 4.75. The Morgan fingerprint density at radius 1 is 0.565 bits per heavy atom. The number of furan rings is 1. The maximum atomic E-state index is 5.77. The Labute approximate surface area is 134 Å². The van der Waals surface area contributed by atoms with Crippen LogP contribution in [0.4, 0.5) is 0 Å². The van der Waals surface area contributed by atoms with E-state index < -0.39 is 0 Å². The van der Waals surface area contributed by atoms with Crippen LogP contribution in [0.3, 0.4) is 0 Å². The largest absolute Gasteiger partial charge is 0.461 e. The Morgan fingerprint density at radius 2 is 1.35 bits per heavy atom. The topological polar surface area (TPSA) is 13.1 Å². The van der Waals surface area contributed by atoms with Gasteiger partial charge >= 0.3 is 0 Å². The third kappa shape index (κ3) is 1.80. The molecule has 0 bridgehead atoms. The highest BCUT2D eigenvalue weighted by Gasteiger charge is 2.08. The van der Waals surface area contributed by atoms with Crippen LogP contribution in [-0.4, -0.2) is 0 Å². The Balaban J connectivity index is 1.98. The van der Waals surface area contributed by atoms with Gasteiger partial charge in [0.15, 0.2) is 0 Å². The molecular formula is C22H16O. The van der Waals surface area contributed by atoms with Gasteiger partial charge in [0.2, 0.25) is 0 Å². The molecule has 0 aliphatic rings. The van der Waals surface area contributed by atoms with E-state index in [4.69, 9.17) is 4.42 Å². The summed E-state index contributed by atoms with van der Waals surface area (Å²) in [5.41, 5.74) is 2.26. The van der Waals surface area contributed by atoms with Crippen LogP contribution in [0.1, 0.15) is 11.3 Å². The second-order valence-corrected chi connectivity index (χ2v) is 6.42. The van der Waals surface area contributed by atoms with Gasteiger partial charge in [0.25, 0.3) is 0 Å². The highest BCUT2D eigenvalue weighted by molar-refractivity contribution is 6.18. The van der Waals surface area contributed by atoms with Crippen molar-refractivity contribution in [1.29, 1.82) is 0 Å². The SMILES string of the molecule is Cc1ccc2cc3c(ccc4c5cc(C)oc5ccc34)cc2c1. The first-order chi connectivity index (χ1) is 11.2. The molecule has 4 aromatic carbocycles. The summed E-state index contributed by atoms with van der Waals surface area (Å²) in [5.74, 6) is 0.960. The Morgan fingerprint density at radius 3 is 2.26 bits per heavy atom. The molecule has 0 saturated heterocycles. The summed E-state index contributed by atoms with van der Waals surface area (Å²) < 4.78 is 5.77. The maximum absolute atomic E-state index is 5.77. The molecule has 1 heterocycles. The summed E-state index contributed by atoms with van der Waals surface area (Å²) in [7, 11) is 0. The van der Waals surface area contributed by atoms with E-state index in [9.17, 15) is 0 Å². The van der Waals surface area contributed by atoms with Gasteiger partial charge in [-0.1, -0.05) is 42.0 Å². The number of benzene rings is 4. The smallest absolute Gasteiger partial charge is 0.134 e. The minimum atomic E-state index is 0.960. The zero-order valence-electron chi connectivity index (χ0n) is 13.2. The molecule has 110 valence electrons. The Bertz CT molecular complexity index is 1220. The zero-order valence-corrected chi connectivity index (χ0v) is 13.2. The summed E-state index contributed by atoms with van der Waals surface area (Å²) in [6.45, 7) is 4.14. The molecule has 0 radical (unpaired) electrons. The quantitative estimate of drug-likeness (QED) is 0.234. The van der Waals surface area contributed by atoms with Gasteiger partial charge in [-0.3, -0.25) is 0 Å². The van der Waals surface area contributed by atoms with Crippen molar-refractivity contribution in [1.82, 2.24) is 0 Å². The Kier molecular flexibility index (Phi) is 2.41. The standard InChI is InChI=1S/C22H16O/c1-13-3-4-15-12-20-16(11-17(15)9-13)5-6-19-18(20)7-8-22-21(19)10-14(2)23-22/h3-12H,1-2H3. The van der Waals surface area contributed by atoms with Gasteiger partial charge in [0.1, 0.15) is 11.3 Å². The van der Waals surface area contributed by atoms with Crippen LogP contribution in [0.15, 0.2) is 65.1 Å². The molecule has 1 heteroatoms. The fraction of sp³-hybridized carbons (Fsp3) is 0.0909. The van der Waals surface area contributed by atoms with Crippen LogP contribution in [0, 0.1) is 13.8 Å². The number of hydrogen-bond donors (Lipinski definition) is 0. The van der Waals surface area contributed by atoms with E-state index in [1.54, 1.807) is 0 Å². The fourth-order valence-corrected chi connectivity index (χ4v) is 3.65. The van der Waals surface area contributed by atoms with Gasteiger partial charge in [-0.05, 0) is 70.4 Å². The number of hydrogen-bond acceptors (Lipinski definition) is 1. The summed E-state index contributed by atoms with van der Waals surface area (Å²) in [4.78, 5) is 0. The van der Waals surface area contributed by atoms with Crippen molar-refractivity contribution in [2.24, 2.45) is 0 Å². The first-order valence-electron chi connectivity index (χ1n) is 7.95. The van der Waals surface area contributed by atoms with Crippen molar-refractivity contribution in [3.63, 3.8) is 0 Å². The molecule has 0 aliphatic carbocycles. The van der Waals surface area contributed by atoms with Crippen molar-refractivity contribution in [3.05, 3.63) is 72.0 Å². The molecule has 23 heavy (non-hydrogen) atoms. The molecule has 0 saturated carbocycles. The Hall–Kier alpha value is -2.80. The molecule has 0 fully saturated rings. The minimum Gasteiger partial charge on any atom is -0.461 e. The molecule has 5 aromatic rings. The van der Waals surface area contributed by atoms with Crippen molar-refractivity contribution < 1.29 is 4.42 Å².